The van der Waals surface area contributed by atoms with Crippen LogP contribution in [-0.4, -0.2) is 11.0 Å². The van der Waals surface area contributed by atoms with Gasteiger partial charge in [0.1, 0.15) is 0 Å². The van der Waals surface area contributed by atoms with Crippen molar-refractivity contribution in [3.05, 3.63) is 33.4 Å². The van der Waals surface area contributed by atoms with E-state index in [1.54, 1.807) is 0 Å². The van der Waals surface area contributed by atoms with Crippen LogP contribution in [0, 0.1) is 4.91 Å². The van der Waals surface area contributed by atoms with E-state index in [9.17, 15) is 9.70 Å². The van der Waals surface area contributed by atoms with Crippen molar-refractivity contribution in [3.63, 3.8) is 0 Å². The van der Waals surface area contributed by atoms with Crippen molar-refractivity contribution < 1.29 is 9.63 Å². The molecule has 1 aromatic rings. The Labute approximate surface area is 75.8 Å². The SMILES string of the molecule is O=NOC(=O)c1cncc(Br)c1. The second-order valence-corrected chi connectivity index (χ2v) is 2.76. The molecule has 0 atom stereocenters. The lowest BCUT2D eigenvalue weighted by Gasteiger charge is -1.94. The number of aromatic nitrogens is 1. The molecule has 0 aliphatic carbocycles. The van der Waals surface area contributed by atoms with E-state index in [1.165, 1.54) is 18.5 Å². The first-order valence-corrected chi connectivity index (χ1v) is 3.68. The van der Waals surface area contributed by atoms with Gasteiger partial charge >= 0.3 is 5.97 Å². The van der Waals surface area contributed by atoms with Crippen molar-refractivity contribution in [2.75, 3.05) is 0 Å². The van der Waals surface area contributed by atoms with Crippen LogP contribution in [0.25, 0.3) is 0 Å². The zero-order chi connectivity index (χ0) is 8.97. The summed E-state index contributed by atoms with van der Waals surface area (Å²) in [5.41, 5.74) is 0.170. The van der Waals surface area contributed by atoms with Gasteiger partial charge in [0.05, 0.1) is 5.56 Å². The van der Waals surface area contributed by atoms with Gasteiger partial charge in [-0.2, -0.15) is 0 Å². The average Bonchev–Trinajstić information content (AvgIpc) is 2.05. The number of halogens is 1. The maximum Gasteiger partial charge on any atom is 0.370 e. The minimum atomic E-state index is -0.821. The van der Waals surface area contributed by atoms with Crippen LogP contribution in [0.5, 0.6) is 0 Å². The summed E-state index contributed by atoms with van der Waals surface area (Å²) >= 11 is 3.10. The lowest BCUT2D eigenvalue weighted by atomic mass is 10.3. The molecule has 0 aliphatic rings. The van der Waals surface area contributed by atoms with Crippen molar-refractivity contribution in [2.45, 2.75) is 0 Å². The molecule has 5 nitrogen and oxygen atoms in total. The number of hydrogen-bond acceptors (Lipinski definition) is 5. The van der Waals surface area contributed by atoms with Crippen molar-refractivity contribution in [2.24, 2.45) is 5.34 Å². The molecule has 12 heavy (non-hydrogen) atoms. The summed E-state index contributed by atoms with van der Waals surface area (Å²) in [6.45, 7) is 0. The monoisotopic (exact) mass is 230 g/mol. The number of carbonyl (C=O) groups is 1. The van der Waals surface area contributed by atoms with Gasteiger partial charge in [0, 0.05) is 16.9 Å². The molecule has 1 aromatic heterocycles. The summed E-state index contributed by atoms with van der Waals surface area (Å²) in [4.78, 5) is 27.9. The third-order valence-corrected chi connectivity index (χ3v) is 1.49. The summed E-state index contributed by atoms with van der Waals surface area (Å²) in [6.07, 6.45) is 2.78. The Morgan fingerprint density at radius 3 is 2.92 bits per heavy atom. The Bertz CT molecular complexity index is 315. The third kappa shape index (κ3) is 2.09. The molecular formula is C6H3BrN2O3. The molecule has 62 valence electrons. The Kier molecular flexibility index (Phi) is 2.87. The Morgan fingerprint density at radius 2 is 2.33 bits per heavy atom. The highest BCUT2D eigenvalue weighted by molar-refractivity contribution is 9.10. The van der Waals surface area contributed by atoms with Crippen LogP contribution in [0.1, 0.15) is 10.4 Å². The second-order valence-electron chi connectivity index (χ2n) is 1.85. The van der Waals surface area contributed by atoms with Gasteiger partial charge in [0.15, 0.2) is 5.34 Å². The molecule has 1 heterocycles. The van der Waals surface area contributed by atoms with E-state index in [1.807, 2.05) is 5.34 Å². The Morgan fingerprint density at radius 1 is 1.58 bits per heavy atom. The van der Waals surface area contributed by atoms with E-state index in [2.05, 4.69) is 25.8 Å². The van der Waals surface area contributed by atoms with Gasteiger partial charge in [-0.1, -0.05) is 0 Å². The van der Waals surface area contributed by atoms with Crippen LogP contribution in [0.3, 0.4) is 0 Å². The molecule has 0 bridgehead atoms. The Hall–Kier alpha value is -1.30. The fraction of sp³-hybridized carbons (Fsp3) is 0. The second kappa shape index (κ2) is 3.91. The molecule has 6 heteroatoms. The molecule has 0 radical (unpaired) electrons. The first-order valence-electron chi connectivity index (χ1n) is 2.88. The van der Waals surface area contributed by atoms with E-state index >= 15 is 0 Å². The third-order valence-electron chi connectivity index (χ3n) is 1.06. The normalized spacial score (nSPS) is 9.08. The van der Waals surface area contributed by atoms with Crippen LogP contribution < -0.4 is 0 Å². The average molecular weight is 231 g/mol. The van der Waals surface area contributed by atoms with E-state index in [0.29, 0.717) is 4.47 Å². The van der Waals surface area contributed by atoms with E-state index < -0.39 is 5.97 Å². The number of carbonyl (C=O) groups excluding carboxylic acids is 1. The first kappa shape index (κ1) is 8.79. The molecule has 0 fully saturated rings. The summed E-state index contributed by atoms with van der Waals surface area (Å²) in [5.74, 6) is -0.821. The molecule has 0 N–H and O–H groups in total. The van der Waals surface area contributed by atoms with Gasteiger partial charge < -0.3 is 0 Å². The number of rotatable bonds is 2. The zero-order valence-corrected chi connectivity index (χ0v) is 7.32. The van der Waals surface area contributed by atoms with Gasteiger partial charge in [-0.25, -0.2) is 4.79 Å². The summed E-state index contributed by atoms with van der Waals surface area (Å²) < 4.78 is 0.628. The van der Waals surface area contributed by atoms with Crippen LogP contribution in [-0.2, 0) is 4.84 Å². The van der Waals surface area contributed by atoms with Gasteiger partial charge in [-0.3, -0.25) is 9.82 Å². The quantitative estimate of drug-likeness (QED) is 0.573. The molecule has 0 saturated carbocycles. The maximum atomic E-state index is 10.8. The predicted octanol–water partition coefficient (Wildman–Crippen LogP) is 1.68. The molecule has 0 aliphatic heterocycles. The van der Waals surface area contributed by atoms with Crippen molar-refractivity contribution in [1.82, 2.24) is 4.98 Å². The molecular weight excluding hydrogens is 228 g/mol. The topological polar surface area (TPSA) is 68.6 Å². The van der Waals surface area contributed by atoms with Crippen LogP contribution in [0.2, 0.25) is 0 Å². The Balaban J connectivity index is 2.87. The predicted molar refractivity (Wildman–Crippen MR) is 43.1 cm³/mol. The van der Waals surface area contributed by atoms with E-state index in [4.69, 9.17) is 0 Å². The van der Waals surface area contributed by atoms with Crippen LogP contribution in [0.4, 0.5) is 0 Å². The highest BCUT2D eigenvalue weighted by Gasteiger charge is 2.07. The minimum Gasteiger partial charge on any atom is -0.279 e. The molecule has 0 amide bonds. The fourth-order valence-electron chi connectivity index (χ4n) is 0.610. The molecule has 1 rings (SSSR count). The van der Waals surface area contributed by atoms with Crippen LogP contribution in [0.15, 0.2) is 28.3 Å². The van der Waals surface area contributed by atoms with Gasteiger partial charge in [0.25, 0.3) is 0 Å². The van der Waals surface area contributed by atoms with Gasteiger partial charge in [0.2, 0.25) is 0 Å². The highest BCUT2D eigenvalue weighted by Crippen LogP contribution is 2.10. The highest BCUT2D eigenvalue weighted by atomic mass is 79.9. The van der Waals surface area contributed by atoms with Crippen molar-refractivity contribution in [1.29, 1.82) is 0 Å². The number of nitrogens with zero attached hydrogens (tertiary/aromatic N) is 2. The minimum absolute atomic E-state index is 0.170. The van der Waals surface area contributed by atoms with Crippen molar-refractivity contribution in [3.8, 4) is 0 Å². The number of pyridine rings is 1. The largest absolute Gasteiger partial charge is 0.370 e. The molecule has 0 saturated heterocycles. The lowest BCUT2D eigenvalue weighted by molar-refractivity contribution is 0.0508. The summed E-state index contributed by atoms with van der Waals surface area (Å²) in [5, 5.41) is 2.00. The molecule has 0 unspecified atom stereocenters. The number of hydrogen-bond donors (Lipinski definition) is 0. The first-order chi connectivity index (χ1) is 5.74. The van der Waals surface area contributed by atoms with Crippen LogP contribution >= 0.6 is 15.9 Å². The standard InChI is InChI=1S/C6H3BrN2O3/c7-5-1-4(2-8-3-5)6(10)12-9-11/h1-3H. The fourth-order valence-corrected chi connectivity index (χ4v) is 0.975. The smallest absolute Gasteiger partial charge is 0.279 e. The molecule has 0 spiro atoms. The lowest BCUT2D eigenvalue weighted by Crippen LogP contribution is -2.00. The summed E-state index contributed by atoms with van der Waals surface area (Å²) in [6, 6.07) is 1.47. The van der Waals surface area contributed by atoms with Crippen molar-refractivity contribution >= 4 is 21.9 Å². The van der Waals surface area contributed by atoms with E-state index in [-0.39, 0.29) is 5.56 Å². The molecule has 0 aromatic carbocycles. The van der Waals surface area contributed by atoms with E-state index in [0.717, 1.165) is 0 Å². The zero-order valence-electron chi connectivity index (χ0n) is 5.73. The van der Waals surface area contributed by atoms with Gasteiger partial charge in [-0.05, 0) is 22.0 Å². The van der Waals surface area contributed by atoms with Gasteiger partial charge in [-0.15, -0.1) is 4.91 Å². The maximum absolute atomic E-state index is 10.8. The summed E-state index contributed by atoms with van der Waals surface area (Å²) in [7, 11) is 0.